The average molecular weight is 262 g/mol. The standard InChI is InChI=1S/C9H12ClN3S2/c1-3-5(2)11-9-12-6-4-7(10)14-8(6)15-13-9/h4-5H,3H2,1-2H3,(H2,11,12,13). The predicted octanol–water partition coefficient (Wildman–Crippen LogP) is 3.58. The number of hydrogen-bond donors (Lipinski definition) is 2. The van der Waals surface area contributed by atoms with Crippen molar-refractivity contribution in [3.05, 3.63) is 10.4 Å². The summed E-state index contributed by atoms with van der Waals surface area (Å²) in [6, 6.07) is 2.26. The van der Waals surface area contributed by atoms with Gasteiger partial charge in [-0.25, -0.2) is 4.99 Å². The molecule has 3 nitrogen and oxygen atoms in total. The first-order valence-electron chi connectivity index (χ1n) is 4.76. The molecular formula is C9H12ClN3S2. The lowest BCUT2D eigenvalue weighted by Crippen LogP contribution is -2.29. The molecule has 0 aromatic carbocycles. The zero-order valence-electron chi connectivity index (χ0n) is 8.50. The lowest BCUT2D eigenvalue weighted by molar-refractivity contribution is 0.714. The molecule has 0 amide bonds. The number of thiophene rings is 1. The van der Waals surface area contributed by atoms with E-state index in [1.807, 2.05) is 6.07 Å². The van der Waals surface area contributed by atoms with Crippen LogP contribution in [0.3, 0.4) is 0 Å². The second-order valence-electron chi connectivity index (χ2n) is 3.32. The van der Waals surface area contributed by atoms with Crippen LogP contribution in [0.25, 0.3) is 0 Å². The van der Waals surface area contributed by atoms with Gasteiger partial charge in [0, 0.05) is 11.9 Å². The molecule has 0 saturated carbocycles. The molecule has 0 aliphatic carbocycles. The summed E-state index contributed by atoms with van der Waals surface area (Å²) in [7, 11) is 0. The van der Waals surface area contributed by atoms with E-state index in [4.69, 9.17) is 11.6 Å². The Morgan fingerprint density at radius 3 is 3.13 bits per heavy atom. The van der Waals surface area contributed by atoms with Gasteiger partial charge in [0.2, 0.25) is 5.96 Å². The fraction of sp³-hybridized carbons (Fsp3) is 0.444. The largest absolute Gasteiger partial charge is 0.324 e. The fourth-order valence-corrected chi connectivity index (χ4v) is 3.25. The van der Waals surface area contributed by atoms with Crippen LogP contribution in [0.5, 0.6) is 0 Å². The molecule has 1 aromatic rings. The van der Waals surface area contributed by atoms with Gasteiger partial charge in [-0.3, -0.25) is 4.72 Å². The summed E-state index contributed by atoms with van der Waals surface area (Å²) in [5.41, 5.74) is 1.05. The molecule has 2 N–H and O–H groups in total. The molecule has 1 aliphatic heterocycles. The summed E-state index contributed by atoms with van der Waals surface area (Å²) in [6.45, 7) is 4.22. The van der Waals surface area contributed by atoms with Crippen LogP contribution in [0.4, 0.5) is 5.69 Å². The molecule has 0 bridgehead atoms. The second-order valence-corrected chi connectivity index (χ2v) is 6.07. The molecule has 0 spiro atoms. The molecule has 0 fully saturated rings. The lowest BCUT2D eigenvalue weighted by atomic mass is 10.3. The lowest BCUT2D eigenvalue weighted by Gasteiger charge is -2.18. The van der Waals surface area contributed by atoms with E-state index in [0.717, 1.165) is 26.6 Å². The van der Waals surface area contributed by atoms with Crippen LogP contribution < -0.4 is 10.0 Å². The van der Waals surface area contributed by atoms with Crippen LogP contribution in [0.1, 0.15) is 20.3 Å². The minimum absolute atomic E-state index is 0.330. The van der Waals surface area contributed by atoms with E-state index in [9.17, 15) is 0 Å². The molecular weight excluding hydrogens is 250 g/mol. The number of hydrogen-bond acceptors (Lipinski definition) is 3. The molecule has 0 radical (unpaired) electrons. The maximum Gasteiger partial charge on any atom is 0.206 e. The van der Waals surface area contributed by atoms with Gasteiger partial charge in [0.05, 0.1) is 16.1 Å². The Kier molecular flexibility index (Phi) is 3.43. The minimum atomic E-state index is 0.330. The molecule has 1 unspecified atom stereocenters. The smallest absolute Gasteiger partial charge is 0.206 e. The second kappa shape index (κ2) is 4.63. The number of aliphatic imine (C=N–C) groups is 1. The van der Waals surface area contributed by atoms with Crippen molar-refractivity contribution in [3.63, 3.8) is 0 Å². The topological polar surface area (TPSA) is 36.4 Å². The number of rotatable bonds is 2. The number of halogens is 1. The van der Waals surface area contributed by atoms with Gasteiger partial charge in [-0.15, -0.1) is 11.3 Å². The summed E-state index contributed by atoms with van der Waals surface area (Å²) in [5.74, 6) is 0.816. The fourth-order valence-electron chi connectivity index (χ4n) is 1.13. The van der Waals surface area contributed by atoms with Gasteiger partial charge in [0.25, 0.3) is 0 Å². The SMILES string of the molecule is CCC(C)N=C1NSc2sc(Cl)cc2N1. The zero-order chi connectivity index (χ0) is 10.8. The van der Waals surface area contributed by atoms with Crippen LogP contribution in [0.15, 0.2) is 15.3 Å². The quantitative estimate of drug-likeness (QED) is 0.799. The monoisotopic (exact) mass is 261 g/mol. The summed E-state index contributed by atoms with van der Waals surface area (Å²) in [6.07, 6.45) is 1.04. The zero-order valence-corrected chi connectivity index (χ0v) is 10.9. The Hall–Kier alpha value is -0.390. The maximum atomic E-state index is 5.93. The highest BCUT2D eigenvalue weighted by Crippen LogP contribution is 2.39. The van der Waals surface area contributed by atoms with Crippen LogP contribution in [0.2, 0.25) is 4.34 Å². The number of fused-ring (bicyclic) bond motifs is 1. The molecule has 1 aliphatic rings. The van der Waals surface area contributed by atoms with E-state index < -0.39 is 0 Å². The van der Waals surface area contributed by atoms with E-state index >= 15 is 0 Å². The van der Waals surface area contributed by atoms with Crippen molar-refractivity contribution in [3.8, 4) is 0 Å². The molecule has 2 heterocycles. The Morgan fingerprint density at radius 1 is 1.60 bits per heavy atom. The van der Waals surface area contributed by atoms with Crippen LogP contribution >= 0.6 is 34.9 Å². The highest BCUT2D eigenvalue weighted by atomic mass is 35.5. The Bertz CT molecular complexity index is 389. The van der Waals surface area contributed by atoms with Crippen molar-refractivity contribution >= 4 is 46.5 Å². The highest BCUT2D eigenvalue weighted by Gasteiger charge is 2.17. The Morgan fingerprint density at radius 2 is 2.40 bits per heavy atom. The van der Waals surface area contributed by atoms with E-state index in [1.165, 1.54) is 0 Å². The molecule has 0 saturated heterocycles. The van der Waals surface area contributed by atoms with E-state index in [-0.39, 0.29) is 0 Å². The van der Waals surface area contributed by atoms with Gasteiger partial charge < -0.3 is 5.32 Å². The van der Waals surface area contributed by atoms with Gasteiger partial charge in [0.15, 0.2) is 0 Å². The van der Waals surface area contributed by atoms with Crippen molar-refractivity contribution in [1.29, 1.82) is 0 Å². The molecule has 1 aromatic heterocycles. The molecule has 6 heteroatoms. The van der Waals surface area contributed by atoms with Crippen molar-refractivity contribution in [1.82, 2.24) is 4.72 Å². The van der Waals surface area contributed by atoms with Crippen molar-refractivity contribution < 1.29 is 0 Å². The third kappa shape index (κ3) is 2.59. The molecule has 15 heavy (non-hydrogen) atoms. The van der Waals surface area contributed by atoms with Gasteiger partial charge >= 0.3 is 0 Å². The first-order valence-corrected chi connectivity index (χ1v) is 6.77. The summed E-state index contributed by atoms with van der Waals surface area (Å²) in [4.78, 5) is 4.50. The van der Waals surface area contributed by atoms with Gasteiger partial charge in [-0.1, -0.05) is 18.5 Å². The van der Waals surface area contributed by atoms with Crippen LogP contribution in [-0.2, 0) is 0 Å². The molecule has 2 rings (SSSR count). The first kappa shape index (κ1) is 11.1. The van der Waals surface area contributed by atoms with E-state index in [0.29, 0.717) is 6.04 Å². The normalized spacial score (nSPS) is 19.3. The van der Waals surface area contributed by atoms with Gasteiger partial charge in [-0.05, 0) is 19.4 Å². The molecule has 82 valence electrons. The number of anilines is 1. The van der Waals surface area contributed by atoms with E-state index in [2.05, 4.69) is 28.9 Å². The summed E-state index contributed by atoms with van der Waals surface area (Å²) < 4.78 is 5.11. The van der Waals surface area contributed by atoms with Crippen molar-refractivity contribution in [2.75, 3.05) is 5.32 Å². The summed E-state index contributed by atoms with van der Waals surface area (Å²) >= 11 is 9.06. The first-order chi connectivity index (χ1) is 7.19. The van der Waals surface area contributed by atoms with Crippen molar-refractivity contribution in [2.24, 2.45) is 4.99 Å². The predicted molar refractivity (Wildman–Crippen MR) is 69.1 cm³/mol. The number of nitrogens with zero attached hydrogens (tertiary/aromatic N) is 1. The molecule has 1 atom stereocenters. The van der Waals surface area contributed by atoms with Crippen LogP contribution in [0, 0.1) is 0 Å². The van der Waals surface area contributed by atoms with Crippen LogP contribution in [-0.4, -0.2) is 12.0 Å². The third-order valence-corrected chi connectivity index (χ3v) is 4.36. The number of guanidine groups is 1. The van der Waals surface area contributed by atoms with Crippen molar-refractivity contribution in [2.45, 2.75) is 30.5 Å². The third-order valence-electron chi connectivity index (χ3n) is 2.10. The van der Waals surface area contributed by atoms with Gasteiger partial charge in [0.1, 0.15) is 4.21 Å². The Balaban J connectivity index is 2.14. The number of nitrogens with one attached hydrogen (secondary N) is 2. The Labute approximate surface area is 102 Å². The maximum absolute atomic E-state index is 5.93. The van der Waals surface area contributed by atoms with E-state index in [1.54, 1.807) is 23.3 Å². The summed E-state index contributed by atoms with van der Waals surface area (Å²) in [5, 5.41) is 3.23. The minimum Gasteiger partial charge on any atom is -0.324 e. The highest BCUT2D eigenvalue weighted by molar-refractivity contribution is 8.00. The average Bonchev–Trinajstić information content (AvgIpc) is 2.57. The van der Waals surface area contributed by atoms with Gasteiger partial charge in [-0.2, -0.15) is 0 Å².